The largest absolute Gasteiger partial charge is 0.337 e. The Kier molecular flexibility index (Phi) is 4.88. The topological polar surface area (TPSA) is 23.6 Å². The molecule has 0 radical (unpaired) electrons. The Morgan fingerprint density at radius 2 is 2.04 bits per heavy atom. The first kappa shape index (κ1) is 16.9. The summed E-state index contributed by atoms with van der Waals surface area (Å²) in [6.45, 7) is 1.51. The van der Waals surface area contributed by atoms with Gasteiger partial charge in [-0.1, -0.05) is 23.7 Å². The molecule has 1 saturated heterocycles. The third-order valence-corrected chi connectivity index (χ3v) is 4.85. The van der Waals surface area contributed by atoms with Crippen LogP contribution in [0.5, 0.6) is 0 Å². The molecule has 0 aliphatic carbocycles. The van der Waals surface area contributed by atoms with E-state index in [0.717, 1.165) is 30.6 Å². The molecule has 1 fully saturated rings. The van der Waals surface area contributed by atoms with Crippen LogP contribution in [0, 0.1) is 5.82 Å². The summed E-state index contributed by atoms with van der Waals surface area (Å²) in [7, 11) is 4.07. The highest BCUT2D eigenvalue weighted by Crippen LogP contribution is 2.29. The van der Waals surface area contributed by atoms with Gasteiger partial charge in [-0.3, -0.25) is 4.79 Å². The molecule has 3 nitrogen and oxygen atoms in total. The van der Waals surface area contributed by atoms with E-state index >= 15 is 0 Å². The summed E-state index contributed by atoms with van der Waals surface area (Å²) in [5, 5.41) is 0.341. The Labute approximate surface area is 146 Å². The van der Waals surface area contributed by atoms with E-state index < -0.39 is 0 Å². The maximum Gasteiger partial charge on any atom is 0.253 e. The Morgan fingerprint density at radius 3 is 2.71 bits per heavy atom. The molecule has 24 heavy (non-hydrogen) atoms. The summed E-state index contributed by atoms with van der Waals surface area (Å²) in [6.07, 6.45) is 0.988. The van der Waals surface area contributed by atoms with E-state index in [-0.39, 0.29) is 11.7 Å². The molecule has 1 aliphatic rings. The first-order valence-electron chi connectivity index (χ1n) is 7.97. The highest BCUT2D eigenvalue weighted by molar-refractivity contribution is 6.33. The van der Waals surface area contributed by atoms with Crippen LogP contribution in [0.25, 0.3) is 11.1 Å². The van der Waals surface area contributed by atoms with Gasteiger partial charge in [0.15, 0.2) is 0 Å². The number of halogens is 2. The molecular weight excluding hydrogens is 327 g/mol. The quantitative estimate of drug-likeness (QED) is 0.841. The highest BCUT2D eigenvalue weighted by atomic mass is 35.5. The number of carbonyl (C=O) groups excluding carboxylic acids is 1. The van der Waals surface area contributed by atoms with Crippen molar-refractivity contribution in [1.82, 2.24) is 9.80 Å². The van der Waals surface area contributed by atoms with Gasteiger partial charge in [0.2, 0.25) is 0 Å². The van der Waals surface area contributed by atoms with Crippen molar-refractivity contribution in [2.45, 2.75) is 12.5 Å². The van der Waals surface area contributed by atoms with Gasteiger partial charge in [0.05, 0.1) is 5.02 Å². The Morgan fingerprint density at radius 1 is 1.25 bits per heavy atom. The fourth-order valence-corrected chi connectivity index (χ4v) is 3.35. The molecule has 0 aromatic heterocycles. The first-order chi connectivity index (χ1) is 11.5. The second kappa shape index (κ2) is 6.91. The number of carbonyl (C=O) groups is 1. The zero-order valence-corrected chi connectivity index (χ0v) is 14.6. The fourth-order valence-electron chi connectivity index (χ4n) is 3.07. The monoisotopic (exact) mass is 346 g/mol. The zero-order valence-electron chi connectivity index (χ0n) is 13.8. The van der Waals surface area contributed by atoms with Gasteiger partial charge >= 0.3 is 0 Å². The third-order valence-electron chi connectivity index (χ3n) is 4.53. The SMILES string of the molecule is CN(C)[C@@H]1CCN(C(=O)c2cccc(-c3ccc(F)cc3Cl)c2)C1. The number of hydrogen-bond acceptors (Lipinski definition) is 2. The maximum absolute atomic E-state index is 13.2. The van der Waals surface area contributed by atoms with E-state index in [2.05, 4.69) is 4.90 Å². The van der Waals surface area contributed by atoms with Gasteiger partial charge in [0.1, 0.15) is 5.82 Å². The van der Waals surface area contributed by atoms with Crippen LogP contribution < -0.4 is 0 Å². The number of likely N-dealkylation sites (N-methyl/N-ethyl adjacent to an activating group) is 1. The molecule has 0 unspecified atom stereocenters. The smallest absolute Gasteiger partial charge is 0.253 e. The average Bonchev–Trinajstić information content (AvgIpc) is 3.04. The first-order valence-corrected chi connectivity index (χ1v) is 8.34. The van der Waals surface area contributed by atoms with Gasteiger partial charge in [-0.25, -0.2) is 4.39 Å². The molecule has 1 heterocycles. The molecule has 2 aromatic rings. The van der Waals surface area contributed by atoms with Crippen LogP contribution in [0.1, 0.15) is 16.8 Å². The van der Waals surface area contributed by atoms with Crippen molar-refractivity contribution < 1.29 is 9.18 Å². The Balaban J connectivity index is 1.84. The minimum Gasteiger partial charge on any atom is -0.337 e. The molecule has 1 amide bonds. The van der Waals surface area contributed by atoms with E-state index in [1.54, 1.807) is 6.07 Å². The lowest BCUT2D eigenvalue weighted by Gasteiger charge is -2.20. The lowest BCUT2D eigenvalue weighted by Crippen LogP contribution is -2.34. The maximum atomic E-state index is 13.2. The number of rotatable bonds is 3. The van der Waals surface area contributed by atoms with Crippen molar-refractivity contribution in [2.75, 3.05) is 27.2 Å². The van der Waals surface area contributed by atoms with Gasteiger partial charge in [-0.15, -0.1) is 0 Å². The molecule has 1 atom stereocenters. The van der Waals surface area contributed by atoms with Crippen molar-refractivity contribution in [1.29, 1.82) is 0 Å². The normalized spacial score (nSPS) is 17.5. The number of hydrogen-bond donors (Lipinski definition) is 0. The van der Waals surface area contributed by atoms with E-state index in [4.69, 9.17) is 11.6 Å². The number of benzene rings is 2. The minimum absolute atomic E-state index is 0.0273. The summed E-state index contributed by atoms with van der Waals surface area (Å²) in [4.78, 5) is 16.8. The van der Waals surface area contributed by atoms with Gasteiger partial charge in [0, 0.05) is 30.3 Å². The van der Waals surface area contributed by atoms with Gasteiger partial charge < -0.3 is 9.80 Å². The number of likely N-dealkylation sites (tertiary alicyclic amines) is 1. The van der Waals surface area contributed by atoms with Crippen LogP contribution in [-0.4, -0.2) is 48.9 Å². The van der Waals surface area contributed by atoms with Crippen LogP contribution >= 0.6 is 11.6 Å². The molecule has 126 valence electrons. The van der Waals surface area contributed by atoms with E-state index in [0.29, 0.717) is 16.6 Å². The number of amides is 1. The van der Waals surface area contributed by atoms with E-state index in [1.165, 1.54) is 12.1 Å². The van der Waals surface area contributed by atoms with Crippen LogP contribution in [0.15, 0.2) is 42.5 Å². The molecular formula is C19H20ClFN2O. The van der Waals surface area contributed by atoms with Crippen LogP contribution in [-0.2, 0) is 0 Å². The van der Waals surface area contributed by atoms with Gasteiger partial charge in [0.25, 0.3) is 5.91 Å². The van der Waals surface area contributed by atoms with Crippen molar-refractivity contribution in [3.8, 4) is 11.1 Å². The summed E-state index contributed by atoms with van der Waals surface area (Å²) >= 11 is 6.14. The second-order valence-electron chi connectivity index (χ2n) is 6.36. The summed E-state index contributed by atoms with van der Waals surface area (Å²) < 4.78 is 13.2. The minimum atomic E-state index is -0.372. The summed E-state index contributed by atoms with van der Waals surface area (Å²) in [5.41, 5.74) is 2.17. The second-order valence-corrected chi connectivity index (χ2v) is 6.77. The summed E-state index contributed by atoms with van der Waals surface area (Å²) in [5.74, 6) is -0.345. The molecule has 0 saturated carbocycles. The zero-order chi connectivity index (χ0) is 17.3. The van der Waals surface area contributed by atoms with Crippen LogP contribution in [0.2, 0.25) is 5.02 Å². The van der Waals surface area contributed by atoms with Crippen LogP contribution in [0.4, 0.5) is 4.39 Å². The molecule has 0 N–H and O–H groups in total. The Bertz CT molecular complexity index is 763. The highest BCUT2D eigenvalue weighted by Gasteiger charge is 2.28. The van der Waals surface area contributed by atoms with E-state index in [1.807, 2.05) is 43.3 Å². The van der Waals surface area contributed by atoms with Crippen molar-refractivity contribution in [3.63, 3.8) is 0 Å². The van der Waals surface area contributed by atoms with Crippen molar-refractivity contribution >= 4 is 17.5 Å². The van der Waals surface area contributed by atoms with Gasteiger partial charge in [-0.2, -0.15) is 0 Å². The summed E-state index contributed by atoms with van der Waals surface area (Å²) in [6, 6.07) is 12.1. The Hall–Kier alpha value is -1.91. The van der Waals surface area contributed by atoms with Crippen LogP contribution in [0.3, 0.4) is 0 Å². The van der Waals surface area contributed by atoms with Gasteiger partial charge in [-0.05, 0) is 56.4 Å². The third kappa shape index (κ3) is 3.45. The van der Waals surface area contributed by atoms with E-state index in [9.17, 15) is 9.18 Å². The molecule has 5 heteroatoms. The van der Waals surface area contributed by atoms with Crippen molar-refractivity contribution in [3.05, 3.63) is 58.9 Å². The lowest BCUT2D eigenvalue weighted by molar-refractivity contribution is 0.0783. The number of nitrogens with zero attached hydrogens (tertiary/aromatic N) is 2. The van der Waals surface area contributed by atoms with Crippen molar-refractivity contribution in [2.24, 2.45) is 0 Å². The molecule has 0 bridgehead atoms. The predicted octanol–water partition coefficient (Wildman–Crippen LogP) is 3.92. The molecule has 0 spiro atoms. The molecule has 1 aliphatic heterocycles. The predicted molar refractivity (Wildman–Crippen MR) is 94.8 cm³/mol. The molecule has 2 aromatic carbocycles. The fraction of sp³-hybridized carbons (Fsp3) is 0.316. The molecule has 3 rings (SSSR count). The standard InChI is InChI=1S/C19H20ClFN2O/c1-22(2)16-8-9-23(12-16)19(24)14-5-3-4-13(10-14)17-7-6-15(21)11-18(17)20/h3-7,10-11,16H,8-9,12H2,1-2H3/t16-/m1/s1. The lowest BCUT2D eigenvalue weighted by atomic mass is 10.0. The average molecular weight is 347 g/mol.